The van der Waals surface area contributed by atoms with E-state index in [0.717, 1.165) is 15.9 Å². The maximum absolute atomic E-state index is 12.4. The number of carbonyl (C=O) groups excluding carboxylic acids is 1. The highest BCUT2D eigenvalue weighted by Crippen LogP contribution is 2.28. The van der Waals surface area contributed by atoms with Crippen molar-refractivity contribution < 1.29 is 4.79 Å². The number of carbonyl (C=O) groups is 1. The maximum atomic E-state index is 12.4. The Bertz CT molecular complexity index is 748. The molecule has 0 fully saturated rings. The molecule has 0 radical (unpaired) electrons. The summed E-state index contributed by atoms with van der Waals surface area (Å²) in [5.74, 6) is -0.146. The third kappa shape index (κ3) is 2.28. The molecule has 0 atom stereocenters. The lowest BCUT2D eigenvalue weighted by Gasteiger charge is -2.13. The van der Waals surface area contributed by atoms with E-state index in [1.807, 2.05) is 43.3 Å². The Labute approximate surface area is 120 Å². The summed E-state index contributed by atoms with van der Waals surface area (Å²) in [6.45, 7) is 1.87. The number of fused-ring (bicyclic) bond motifs is 1. The second-order valence-corrected chi connectivity index (χ2v) is 5.50. The third-order valence-electron chi connectivity index (χ3n) is 2.98. The molecule has 5 heteroatoms. The standard InChI is InChI=1S/C15H13N3OS/c1-10-6-5-8-12(16-10)14(19)18(2)15-17-11-7-3-4-9-13(11)20-15/h3-9H,1-2H3. The van der Waals surface area contributed by atoms with Crippen molar-refractivity contribution in [3.8, 4) is 0 Å². The number of rotatable bonds is 2. The summed E-state index contributed by atoms with van der Waals surface area (Å²) in [4.78, 5) is 22.7. The molecule has 0 spiro atoms. The highest BCUT2D eigenvalue weighted by Gasteiger charge is 2.18. The average Bonchev–Trinajstić information content (AvgIpc) is 2.89. The Hall–Kier alpha value is -2.27. The van der Waals surface area contributed by atoms with Crippen LogP contribution < -0.4 is 4.90 Å². The van der Waals surface area contributed by atoms with Crippen LogP contribution in [0.4, 0.5) is 5.13 Å². The largest absolute Gasteiger partial charge is 0.286 e. The number of hydrogen-bond acceptors (Lipinski definition) is 4. The minimum atomic E-state index is -0.146. The fraction of sp³-hybridized carbons (Fsp3) is 0.133. The Balaban J connectivity index is 1.95. The molecule has 2 aromatic heterocycles. The van der Waals surface area contributed by atoms with E-state index in [-0.39, 0.29) is 5.91 Å². The lowest BCUT2D eigenvalue weighted by molar-refractivity contribution is 0.0988. The second-order valence-electron chi connectivity index (χ2n) is 4.49. The maximum Gasteiger partial charge on any atom is 0.278 e. The van der Waals surface area contributed by atoms with E-state index in [1.165, 1.54) is 11.3 Å². The number of nitrogens with zero attached hydrogens (tertiary/aromatic N) is 3. The van der Waals surface area contributed by atoms with Crippen molar-refractivity contribution >= 4 is 32.6 Å². The van der Waals surface area contributed by atoms with E-state index in [4.69, 9.17) is 0 Å². The molecule has 0 unspecified atom stereocenters. The minimum Gasteiger partial charge on any atom is -0.286 e. The molecule has 1 aromatic carbocycles. The van der Waals surface area contributed by atoms with Gasteiger partial charge in [0, 0.05) is 12.7 Å². The van der Waals surface area contributed by atoms with Gasteiger partial charge in [-0.15, -0.1) is 0 Å². The van der Waals surface area contributed by atoms with Gasteiger partial charge in [-0.1, -0.05) is 29.5 Å². The van der Waals surface area contributed by atoms with Gasteiger partial charge in [0.1, 0.15) is 5.69 Å². The summed E-state index contributed by atoms with van der Waals surface area (Å²) < 4.78 is 1.07. The van der Waals surface area contributed by atoms with Gasteiger partial charge in [-0.2, -0.15) is 0 Å². The summed E-state index contributed by atoms with van der Waals surface area (Å²) in [6, 6.07) is 13.3. The zero-order valence-corrected chi connectivity index (χ0v) is 12.0. The van der Waals surface area contributed by atoms with Gasteiger partial charge in [-0.05, 0) is 31.2 Å². The van der Waals surface area contributed by atoms with Crippen LogP contribution in [0.1, 0.15) is 16.2 Å². The number of amides is 1. The van der Waals surface area contributed by atoms with Gasteiger partial charge < -0.3 is 0 Å². The summed E-state index contributed by atoms with van der Waals surface area (Å²) in [5.41, 5.74) is 2.17. The smallest absolute Gasteiger partial charge is 0.278 e. The number of benzene rings is 1. The Morgan fingerprint density at radius 1 is 1.10 bits per heavy atom. The lowest BCUT2D eigenvalue weighted by atomic mass is 10.3. The second kappa shape index (κ2) is 5.02. The van der Waals surface area contributed by atoms with Crippen LogP contribution in [0.15, 0.2) is 42.5 Å². The van der Waals surface area contributed by atoms with Crippen molar-refractivity contribution in [1.82, 2.24) is 9.97 Å². The number of aryl methyl sites for hydroxylation is 1. The molecule has 3 aromatic rings. The van der Waals surface area contributed by atoms with Crippen molar-refractivity contribution in [2.24, 2.45) is 0 Å². The predicted octanol–water partition coefficient (Wildman–Crippen LogP) is 3.28. The fourth-order valence-corrected chi connectivity index (χ4v) is 2.85. The van der Waals surface area contributed by atoms with Crippen LogP contribution in [0.25, 0.3) is 10.2 Å². The van der Waals surface area contributed by atoms with Gasteiger partial charge in [0.15, 0.2) is 5.13 Å². The normalized spacial score (nSPS) is 10.7. The van der Waals surface area contributed by atoms with E-state index in [9.17, 15) is 4.79 Å². The summed E-state index contributed by atoms with van der Waals surface area (Å²) in [7, 11) is 1.73. The molecule has 0 aliphatic heterocycles. The first-order valence-electron chi connectivity index (χ1n) is 6.22. The molecule has 3 rings (SSSR count). The van der Waals surface area contributed by atoms with Gasteiger partial charge >= 0.3 is 0 Å². The molecule has 0 aliphatic carbocycles. The summed E-state index contributed by atoms with van der Waals surface area (Å²) in [6.07, 6.45) is 0. The molecular formula is C15H13N3OS. The lowest BCUT2D eigenvalue weighted by Crippen LogP contribution is -2.27. The van der Waals surface area contributed by atoms with Crippen molar-refractivity contribution in [3.05, 3.63) is 53.9 Å². The van der Waals surface area contributed by atoms with Crippen LogP contribution in [0.3, 0.4) is 0 Å². The van der Waals surface area contributed by atoms with Crippen molar-refractivity contribution in [2.75, 3.05) is 11.9 Å². The van der Waals surface area contributed by atoms with Crippen LogP contribution in [0, 0.1) is 6.92 Å². The molecule has 0 saturated carbocycles. The minimum absolute atomic E-state index is 0.146. The number of aromatic nitrogens is 2. The topological polar surface area (TPSA) is 46.1 Å². The number of anilines is 1. The van der Waals surface area contributed by atoms with Gasteiger partial charge in [-0.3, -0.25) is 9.69 Å². The van der Waals surface area contributed by atoms with Crippen LogP contribution in [0.2, 0.25) is 0 Å². The highest BCUT2D eigenvalue weighted by molar-refractivity contribution is 7.22. The van der Waals surface area contributed by atoms with E-state index in [1.54, 1.807) is 18.0 Å². The van der Waals surface area contributed by atoms with E-state index in [2.05, 4.69) is 9.97 Å². The first-order valence-corrected chi connectivity index (χ1v) is 7.04. The van der Waals surface area contributed by atoms with Crippen LogP contribution in [-0.2, 0) is 0 Å². The summed E-state index contributed by atoms with van der Waals surface area (Å²) in [5, 5.41) is 0.680. The van der Waals surface area contributed by atoms with Crippen LogP contribution in [0.5, 0.6) is 0 Å². The monoisotopic (exact) mass is 283 g/mol. The molecule has 1 amide bonds. The molecule has 0 saturated heterocycles. The Morgan fingerprint density at radius 3 is 2.65 bits per heavy atom. The first kappa shape index (κ1) is 12.7. The van der Waals surface area contributed by atoms with E-state index >= 15 is 0 Å². The van der Waals surface area contributed by atoms with E-state index < -0.39 is 0 Å². The van der Waals surface area contributed by atoms with Gasteiger partial charge in [-0.25, -0.2) is 9.97 Å². The molecule has 0 bridgehead atoms. The Kier molecular flexibility index (Phi) is 3.20. The molecular weight excluding hydrogens is 270 g/mol. The number of thiazole rings is 1. The molecule has 4 nitrogen and oxygen atoms in total. The molecule has 2 heterocycles. The third-order valence-corrected chi connectivity index (χ3v) is 4.09. The molecule has 100 valence electrons. The van der Waals surface area contributed by atoms with Crippen molar-refractivity contribution in [2.45, 2.75) is 6.92 Å². The summed E-state index contributed by atoms with van der Waals surface area (Å²) >= 11 is 1.50. The molecule has 0 N–H and O–H groups in total. The zero-order valence-electron chi connectivity index (χ0n) is 11.2. The SMILES string of the molecule is Cc1cccc(C(=O)N(C)c2nc3ccccc3s2)n1. The van der Waals surface area contributed by atoms with Crippen LogP contribution in [-0.4, -0.2) is 22.9 Å². The van der Waals surface area contributed by atoms with Gasteiger partial charge in [0.2, 0.25) is 0 Å². The van der Waals surface area contributed by atoms with E-state index in [0.29, 0.717) is 10.8 Å². The number of pyridine rings is 1. The van der Waals surface area contributed by atoms with Crippen LogP contribution >= 0.6 is 11.3 Å². The molecule has 0 aliphatic rings. The average molecular weight is 283 g/mol. The predicted molar refractivity (Wildman–Crippen MR) is 81.3 cm³/mol. The van der Waals surface area contributed by atoms with Crippen molar-refractivity contribution in [3.63, 3.8) is 0 Å². The molecule has 20 heavy (non-hydrogen) atoms. The highest BCUT2D eigenvalue weighted by atomic mass is 32.1. The number of hydrogen-bond donors (Lipinski definition) is 0. The fourth-order valence-electron chi connectivity index (χ4n) is 1.92. The quantitative estimate of drug-likeness (QED) is 0.725. The number of para-hydroxylation sites is 1. The first-order chi connectivity index (χ1) is 9.65. The van der Waals surface area contributed by atoms with Gasteiger partial charge in [0.05, 0.1) is 10.2 Å². The zero-order chi connectivity index (χ0) is 14.1. The Morgan fingerprint density at radius 2 is 1.90 bits per heavy atom. The van der Waals surface area contributed by atoms with Crippen molar-refractivity contribution in [1.29, 1.82) is 0 Å². The van der Waals surface area contributed by atoms with Gasteiger partial charge in [0.25, 0.3) is 5.91 Å².